The van der Waals surface area contributed by atoms with Crippen LogP contribution in [0.3, 0.4) is 0 Å². The van der Waals surface area contributed by atoms with E-state index in [-0.39, 0.29) is 0 Å². The third-order valence-electron chi connectivity index (χ3n) is 1.68. The predicted molar refractivity (Wildman–Crippen MR) is 45.8 cm³/mol. The van der Waals surface area contributed by atoms with E-state index in [1.807, 2.05) is 0 Å². The number of alkyl halides is 5. The zero-order chi connectivity index (χ0) is 12.5. The lowest BCUT2D eigenvalue weighted by atomic mass is 10.2. The number of methoxy groups -OCH3 is 1. The van der Waals surface area contributed by atoms with Gasteiger partial charge in [0, 0.05) is 0 Å². The van der Waals surface area contributed by atoms with Gasteiger partial charge in [0.2, 0.25) is 0 Å². The van der Waals surface area contributed by atoms with E-state index in [1.165, 1.54) is 0 Å². The zero-order valence-corrected chi connectivity index (χ0v) is 8.53. The predicted octanol–water partition coefficient (Wildman–Crippen LogP) is 3.70. The van der Waals surface area contributed by atoms with Crippen molar-refractivity contribution in [2.75, 3.05) is 7.11 Å². The Kier molecular flexibility index (Phi) is 3.57. The topological polar surface area (TPSA) is 22.1 Å². The highest BCUT2D eigenvalue weighted by Gasteiger charge is 2.39. The lowest BCUT2D eigenvalue weighted by molar-refractivity contribution is -0.142. The number of rotatable bonds is 2. The minimum atomic E-state index is -4.90. The van der Waals surface area contributed by atoms with Crippen LogP contribution in [0.15, 0.2) is 6.07 Å². The second-order valence-corrected chi connectivity index (χ2v) is 3.10. The summed E-state index contributed by atoms with van der Waals surface area (Å²) in [5, 5.41) is -0.663. The first-order valence-corrected chi connectivity index (χ1v) is 4.25. The molecule has 1 heterocycles. The smallest absolute Gasteiger partial charge is 0.437 e. The van der Waals surface area contributed by atoms with Crippen molar-refractivity contribution in [3.8, 4) is 5.75 Å². The first kappa shape index (κ1) is 13.0. The summed E-state index contributed by atoms with van der Waals surface area (Å²) in [5.41, 5.74) is -2.49. The van der Waals surface area contributed by atoms with Gasteiger partial charge < -0.3 is 4.74 Å². The average Bonchev–Trinajstić information content (AvgIpc) is 2.14. The van der Waals surface area contributed by atoms with Gasteiger partial charge >= 0.3 is 6.18 Å². The van der Waals surface area contributed by atoms with Crippen LogP contribution in [0.25, 0.3) is 0 Å². The van der Waals surface area contributed by atoms with Gasteiger partial charge in [-0.25, -0.2) is 13.8 Å². The molecular formula is C8H5ClF5NO. The molecule has 0 saturated carbocycles. The monoisotopic (exact) mass is 261 g/mol. The molecule has 16 heavy (non-hydrogen) atoms. The number of pyridine rings is 1. The Morgan fingerprint density at radius 2 is 1.94 bits per heavy atom. The van der Waals surface area contributed by atoms with Crippen LogP contribution in [0.4, 0.5) is 22.0 Å². The largest absolute Gasteiger partial charge is 0.494 e. The summed E-state index contributed by atoms with van der Waals surface area (Å²) in [6, 6.07) is 0.639. The molecular weight excluding hydrogens is 257 g/mol. The van der Waals surface area contributed by atoms with Gasteiger partial charge in [-0.15, -0.1) is 0 Å². The normalized spacial score (nSPS) is 12.0. The Balaban J connectivity index is 3.49. The molecule has 1 aromatic heterocycles. The molecule has 0 N–H and O–H groups in total. The van der Waals surface area contributed by atoms with Crippen molar-refractivity contribution in [3.63, 3.8) is 0 Å². The minimum absolute atomic E-state index is 0.639. The molecule has 1 aromatic rings. The molecule has 0 aliphatic carbocycles. The Hall–Kier alpha value is -1.11. The summed E-state index contributed by atoms with van der Waals surface area (Å²) in [5.74, 6) is -1.01. The number of hydrogen-bond acceptors (Lipinski definition) is 2. The Labute approximate surface area is 92.0 Å². The van der Waals surface area contributed by atoms with E-state index >= 15 is 0 Å². The third kappa shape index (κ3) is 2.52. The van der Waals surface area contributed by atoms with Crippen LogP contribution in [0.2, 0.25) is 5.15 Å². The van der Waals surface area contributed by atoms with Crippen molar-refractivity contribution in [1.29, 1.82) is 0 Å². The average molecular weight is 262 g/mol. The number of aromatic nitrogens is 1. The number of hydrogen-bond donors (Lipinski definition) is 0. The van der Waals surface area contributed by atoms with Gasteiger partial charge in [0.05, 0.1) is 12.7 Å². The van der Waals surface area contributed by atoms with Crippen LogP contribution in [0.1, 0.15) is 17.7 Å². The Bertz CT molecular complexity index is 393. The van der Waals surface area contributed by atoms with Gasteiger partial charge in [0.15, 0.2) is 11.4 Å². The highest BCUT2D eigenvalue weighted by molar-refractivity contribution is 6.29. The summed E-state index contributed by atoms with van der Waals surface area (Å²) in [7, 11) is 0.853. The maximum Gasteiger partial charge on any atom is 0.437 e. The van der Waals surface area contributed by atoms with Crippen LogP contribution in [-0.2, 0) is 6.18 Å². The minimum Gasteiger partial charge on any atom is -0.494 e. The fraction of sp³-hybridized carbons (Fsp3) is 0.375. The highest BCUT2D eigenvalue weighted by atomic mass is 35.5. The molecule has 0 spiro atoms. The first-order valence-electron chi connectivity index (χ1n) is 3.87. The van der Waals surface area contributed by atoms with Crippen molar-refractivity contribution in [2.45, 2.75) is 12.6 Å². The first-order chi connectivity index (χ1) is 7.27. The number of nitrogens with zero attached hydrogens (tertiary/aromatic N) is 1. The highest BCUT2D eigenvalue weighted by Crippen LogP contribution is 2.40. The molecule has 0 aliphatic heterocycles. The van der Waals surface area contributed by atoms with E-state index in [4.69, 9.17) is 11.6 Å². The second-order valence-electron chi connectivity index (χ2n) is 2.71. The molecule has 0 atom stereocenters. The molecule has 0 radical (unpaired) electrons. The zero-order valence-electron chi connectivity index (χ0n) is 7.78. The van der Waals surface area contributed by atoms with Crippen LogP contribution >= 0.6 is 11.6 Å². The molecule has 0 unspecified atom stereocenters. The van der Waals surface area contributed by atoms with E-state index in [2.05, 4.69) is 9.72 Å². The van der Waals surface area contributed by atoms with Crippen molar-refractivity contribution in [2.24, 2.45) is 0 Å². The number of halogens is 6. The number of ether oxygens (including phenoxy) is 1. The molecule has 0 aromatic carbocycles. The molecule has 0 saturated heterocycles. The molecule has 0 amide bonds. The van der Waals surface area contributed by atoms with E-state index in [9.17, 15) is 22.0 Å². The van der Waals surface area contributed by atoms with Gasteiger partial charge in [-0.3, -0.25) is 0 Å². The van der Waals surface area contributed by atoms with Crippen LogP contribution < -0.4 is 4.74 Å². The van der Waals surface area contributed by atoms with Crippen LogP contribution in [0.5, 0.6) is 5.75 Å². The van der Waals surface area contributed by atoms with Gasteiger partial charge in [-0.1, -0.05) is 11.6 Å². The fourth-order valence-corrected chi connectivity index (χ4v) is 1.29. The Morgan fingerprint density at radius 1 is 1.38 bits per heavy atom. The summed E-state index contributed by atoms with van der Waals surface area (Å²) >= 11 is 5.23. The molecule has 0 aliphatic rings. The van der Waals surface area contributed by atoms with Crippen LogP contribution in [-0.4, -0.2) is 12.1 Å². The molecule has 0 fully saturated rings. The SMILES string of the molecule is COc1c(C(F)F)cc(Cl)nc1C(F)(F)F. The van der Waals surface area contributed by atoms with Crippen LogP contribution in [0, 0.1) is 0 Å². The molecule has 1 rings (SSSR count). The lowest BCUT2D eigenvalue weighted by Gasteiger charge is -2.14. The van der Waals surface area contributed by atoms with Crippen molar-refractivity contribution in [1.82, 2.24) is 4.98 Å². The molecule has 2 nitrogen and oxygen atoms in total. The van der Waals surface area contributed by atoms with Gasteiger partial charge in [0.25, 0.3) is 6.43 Å². The maximum absolute atomic E-state index is 12.4. The maximum atomic E-state index is 12.4. The van der Waals surface area contributed by atoms with E-state index < -0.39 is 34.8 Å². The van der Waals surface area contributed by atoms with E-state index in [0.717, 1.165) is 7.11 Å². The van der Waals surface area contributed by atoms with Gasteiger partial charge in [-0.05, 0) is 6.07 Å². The van der Waals surface area contributed by atoms with Crippen molar-refractivity contribution >= 4 is 11.6 Å². The Morgan fingerprint density at radius 3 is 2.31 bits per heavy atom. The van der Waals surface area contributed by atoms with Gasteiger partial charge in [0.1, 0.15) is 5.15 Å². The lowest BCUT2D eigenvalue weighted by Crippen LogP contribution is -2.12. The van der Waals surface area contributed by atoms with Crippen molar-refractivity contribution < 1.29 is 26.7 Å². The fourth-order valence-electron chi connectivity index (χ4n) is 1.09. The third-order valence-corrected chi connectivity index (χ3v) is 1.87. The molecule has 0 bridgehead atoms. The van der Waals surface area contributed by atoms with E-state index in [1.54, 1.807) is 0 Å². The second kappa shape index (κ2) is 4.40. The summed E-state index contributed by atoms with van der Waals surface area (Å²) in [4.78, 5) is 2.94. The van der Waals surface area contributed by atoms with Crippen molar-refractivity contribution in [3.05, 3.63) is 22.5 Å². The van der Waals surface area contributed by atoms with Gasteiger partial charge in [-0.2, -0.15) is 13.2 Å². The molecule has 90 valence electrons. The molecule has 8 heteroatoms. The summed E-state index contributed by atoms with van der Waals surface area (Å²) in [6.07, 6.45) is -8.03. The quantitative estimate of drug-likeness (QED) is 0.598. The summed E-state index contributed by atoms with van der Waals surface area (Å²) < 4.78 is 66.4. The van der Waals surface area contributed by atoms with E-state index in [0.29, 0.717) is 6.07 Å². The standard InChI is InChI=1S/C8H5ClF5NO/c1-16-5-3(7(10)11)2-4(9)15-6(5)8(12,13)14/h2,7H,1H3. The summed E-state index contributed by atoms with van der Waals surface area (Å²) in [6.45, 7) is 0.